The van der Waals surface area contributed by atoms with Gasteiger partial charge in [0.2, 0.25) is 0 Å². The van der Waals surface area contributed by atoms with Gasteiger partial charge in [-0.1, -0.05) is 70.4 Å². The van der Waals surface area contributed by atoms with Crippen molar-refractivity contribution >= 4 is 19.7 Å². The van der Waals surface area contributed by atoms with Crippen LogP contribution in [-0.4, -0.2) is 59.0 Å². The zero-order valence-electron chi connectivity index (χ0n) is 24.4. The molecule has 0 heterocycles. The third-order valence-electron chi connectivity index (χ3n) is 7.47. The third-order valence-corrected chi connectivity index (χ3v) is 10.7. The molecule has 1 aliphatic carbocycles. The van der Waals surface area contributed by atoms with Gasteiger partial charge in [-0.3, -0.25) is 0 Å². The summed E-state index contributed by atoms with van der Waals surface area (Å²) >= 11 is 0. The molecule has 0 saturated heterocycles. The van der Waals surface area contributed by atoms with Gasteiger partial charge in [0.25, 0.3) is 19.7 Å². The molecule has 1 aliphatic rings. The molecule has 0 amide bonds. The molecule has 0 fully saturated rings. The summed E-state index contributed by atoms with van der Waals surface area (Å²) < 4.78 is 127. The first-order valence-electron chi connectivity index (χ1n) is 14.1. The fraction of sp³-hybridized carbons (Fsp3) is 0.586. The molecule has 2 aromatic rings. The molecule has 238 valence electrons. The Labute approximate surface area is 245 Å². The minimum Gasteiger partial charge on any atom is -0.326 e. The van der Waals surface area contributed by atoms with Gasteiger partial charge < -0.3 is 4.48 Å². The van der Waals surface area contributed by atoms with Crippen molar-refractivity contribution in [3.05, 3.63) is 47.5 Å². The maximum atomic E-state index is 13.1. The Hall–Kier alpha value is -2.12. The molecule has 0 radical (unpaired) electrons. The number of unbranched alkanes of at least 4 members (excludes halogenated alkanes) is 4. The number of benzene rings is 2. The minimum atomic E-state index is -6.37. The maximum Gasteiger partial charge on any atom is 0.501 e. The molecule has 0 N–H and O–H groups in total. The van der Waals surface area contributed by atoms with Crippen LogP contribution in [0.15, 0.2) is 46.2 Å². The lowest BCUT2D eigenvalue weighted by atomic mass is 10.1. The van der Waals surface area contributed by atoms with Crippen molar-refractivity contribution in [1.29, 1.82) is 0 Å². The average Bonchev–Trinajstić information content (AvgIpc) is 3.28. The van der Waals surface area contributed by atoms with Crippen LogP contribution >= 0.6 is 0 Å². The number of sulfone groups is 2. The second-order valence-electron chi connectivity index (χ2n) is 10.9. The number of alkyl halides is 6. The van der Waals surface area contributed by atoms with Gasteiger partial charge in [0.05, 0.1) is 36.5 Å². The Balaban J connectivity index is 0.000000351. The van der Waals surface area contributed by atoms with Crippen molar-refractivity contribution in [2.45, 2.75) is 92.9 Å². The Morgan fingerprint density at radius 2 is 1.17 bits per heavy atom. The Bertz CT molecular complexity index is 1410. The first kappa shape index (κ1) is 36.1. The molecule has 0 saturated carbocycles. The monoisotopic (exact) mass is 644 g/mol. The molecule has 0 unspecified atom stereocenters. The highest BCUT2D eigenvalue weighted by molar-refractivity contribution is 7.95. The first-order chi connectivity index (χ1) is 19.4. The fourth-order valence-electron chi connectivity index (χ4n) is 5.07. The predicted molar refractivity (Wildman–Crippen MR) is 151 cm³/mol. The van der Waals surface area contributed by atoms with Gasteiger partial charge in [-0.15, -0.1) is 0 Å². The van der Waals surface area contributed by atoms with Crippen LogP contribution in [0.5, 0.6) is 0 Å². The highest BCUT2D eigenvalue weighted by Gasteiger charge is 2.55. The SMILES string of the molecule is CCCCC[N+](C)(CCCC)CCCC.O=S(=O)(c1ccc2c(c1S(=O)(=O)C(F)(F)F)Cc1ccccc1-2)C(F)(F)F. The summed E-state index contributed by atoms with van der Waals surface area (Å²) in [5.74, 6) is 0. The number of rotatable bonds is 12. The van der Waals surface area contributed by atoms with Crippen molar-refractivity contribution in [2.24, 2.45) is 0 Å². The zero-order chi connectivity index (χ0) is 32.0. The standard InChI is InChI=1S/C15H8F6O4S2.C14H32N/c16-14(17,18)26(22,23)12-6-5-10-9-4-2-1-3-8(9)7-11(10)13(12)27(24,25)15(19,20)21;1-5-8-11-14-15(4,12-9-6-2)13-10-7-3/h1-6H,7H2;5-14H2,1-4H3/q;+1. The summed E-state index contributed by atoms with van der Waals surface area (Å²) in [7, 11) is -10.3. The van der Waals surface area contributed by atoms with Crippen LogP contribution < -0.4 is 0 Å². The van der Waals surface area contributed by atoms with Crippen molar-refractivity contribution in [3.8, 4) is 11.1 Å². The lowest BCUT2D eigenvalue weighted by Gasteiger charge is -2.35. The molecule has 0 bridgehead atoms. The van der Waals surface area contributed by atoms with E-state index in [4.69, 9.17) is 0 Å². The average molecular weight is 645 g/mol. The normalized spacial score (nSPS) is 13.8. The summed E-state index contributed by atoms with van der Waals surface area (Å²) in [5.41, 5.74) is -11.9. The van der Waals surface area contributed by atoms with Gasteiger partial charge in [-0.2, -0.15) is 26.3 Å². The van der Waals surface area contributed by atoms with E-state index in [1.807, 2.05) is 0 Å². The van der Waals surface area contributed by atoms with Gasteiger partial charge in [0, 0.05) is 6.42 Å². The number of hydrogen-bond donors (Lipinski definition) is 0. The van der Waals surface area contributed by atoms with E-state index in [0.29, 0.717) is 11.1 Å². The lowest BCUT2D eigenvalue weighted by Crippen LogP contribution is -2.46. The summed E-state index contributed by atoms with van der Waals surface area (Å²) in [5, 5.41) is 0. The largest absolute Gasteiger partial charge is 0.501 e. The summed E-state index contributed by atoms with van der Waals surface area (Å²) in [6.45, 7) is 11.1. The number of halogens is 6. The molecule has 2 aromatic carbocycles. The number of quaternary nitrogens is 1. The number of fused-ring (bicyclic) bond motifs is 3. The van der Waals surface area contributed by atoms with E-state index < -0.39 is 52.5 Å². The highest BCUT2D eigenvalue weighted by atomic mass is 32.2. The van der Waals surface area contributed by atoms with Crippen LogP contribution in [0.3, 0.4) is 0 Å². The van der Waals surface area contributed by atoms with E-state index in [1.165, 1.54) is 93.3 Å². The Morgan fingerprint density at radius 3 is 1.67 bits per heavy atom. The van der Waals surface area contributed by atoms with E-state index in [1.54, 1.807) is 0 Å². The van der Waals surface area contributed by atoms with E-state index in [-0.39, 0.29) is 11.6 Å². The van der Waals surface area contributed by atoms with E-state index in [0.717, 1.165) is 6.07 Å². The second-order valence-corrected chi connectivity index (χ2v) is 14.6. The molecule has 0 aliphatic heterocycles. The van der Waals surface area contributed by atoms with E-state index >= 15 is 0 Å². The molecular formula is C29H40F6NO4S2+. The van der Waals surface area contributed by atoms with Crippen LogP contribution in [-0.2, 0) is 26.1 Å². The Kier molecular flexibility index (Phi) is 12.1. The number of nitrogens with zero attached hydrogens (tertiary/aromatic N) is 1. The van der Waals surface area contributed by atoms with Crippen LogP contribution in [0.2, 0.25) is 0 Å². The lowest BCUT2D eigenvalue weighted by molar-refractivity contribution is -0.910. The molecular weight excluding hydrogens is 604 g/mol. The zero-order valence-corrected chi connectivity index (χ0v) is 26.0. The van der Waals surface area contributed by atoms with Gasteiger partial charge in [-0.05, 0) is 54.0 Å². The minimum absolute atomic E-state index is 0.0606. The molecule has 13 heteroatoms. The molecule has 0 spiro atoms. The van der Waals surface area contributed by atoms with Crippen LogP contribution in [0, 0.1) is 0 Å². The molecule has 5 nitrogen and oxygen atoms in total. The first-order valence-corrected chi connectivity index (χ1v) is 17.0. The number of hydrogen-bond acceptors (Lipinski definition) is 4. The predicted octanol–water partition coefficient (Wildman–Crippen LogP) is 8.07. The van der Waals surface area contributed by atoms with Crippen LogP contribution in [0.1, 0.15) is 76.8 Å². The summed E-state index contributed by atoms with van der Waals surface area (Å²) in [6.07, 6.45) is 9.20. The smallest absolute Gasteiger partial charge is 0.326 e. The van der Waals surface area contributed by atoms with Crippen molar-refractivity contribution in [3.63, 3.8) is 0 Å². The fourth-order valence-corrected chi connectivity index (χ4v) is 7.66. The van der Waals surface area contributed by atoms with Crippen molar-refractivity contribution in [1.82, 2.24) is 0 Å². The van der Waals surface area contributed by atoms with Crippen molar-refractivity contribution in [2.75, 3.05) is 26.7 Å². The summed E-state index contributed by atoms with van der Waals surface area (Å²) in [4.78, 5) is -3.81. The van der Waals surface area contributed by atoms with E-state index in [2.05, 4.69) is 27.8 Å². The van der Waals surface area contributed by atoms with E-state index in [9.17, 15) is 43.2 Å². The van der Waals surface area contributed by atoms with Gasteiger partial charge >= 0.3 is 11.0 Å². The van der Waals surface area contributed by atoms with Gasteiger partial charge in [0.15, 0.2) is 0 Å². The molecule has 0 atom stereocenters. The topological polar surface area (TPSA) is 68.3 Å². The van der Waals surface area contributed by atoms with Crippen LogP contribution in [0.4, 0.5) is 26.3 Å². The Morgan fingerprint density at radius 1 is 0.667 bits per heavy atom. The highest BCUT2D eigenvalue weighted by Crippen LogP contribution is 2.47. The quantitative estimate of drug-likeness (QED) is 0.114. The maximum absolute atomic E-state index is 13.1. The van der Waals surface area contributed by atoms with Crippen molar-refractivity contribution < 1.29 is 47.7 Å². The summed E-state index contributed by atoms with van der Waals surface area (Å²) in [6, 6.07) is 7.06. The third kappa shape index (κ3) is 8.07. The second kappa shape index (κ2) is 14.1. The van der Waals surface area contributed by atoms with Gasteiger partial charge in [-0.25, -0.2) is 16.8 Å². The van der Waals surface area contributed by atoms with Gasteiger partial charge in [0.1, 0.15) is 0 Å². The van der Waals surface area contributed by atoms with Crippen LogP contribution in [0.25, 0.3) is 11.1 Å². The molecule has 3 rings (SSSR count). The molecule has 42 heavy (non-hydrogen) atoms. The molecule has 0 aromatic heterocycles.